The van der Waals surface area contributed by atoms with Crippen LogP contribution in [0.3, 0.4) is 0 Å². The zero-order chi connectivity index (χ0) is 23.1. The molecule has 5 heteroatoms. The third-order valence-electron chi connectivity index (χ3n) is 6.42. The fourth-order valence-corrected chi connectivity index (χ4v) is 4.54. The van der Waals surface area contributed by atoms with Gasteiger partial charge in [-0.25, -0.2) is 4.39 Å². The van der Waals surface area contributed by atoms with E-state index in [2.05, 4.69) is 17.4 Å². The summed E-state index contributed by atoms with van der Waals surface area (Å²) in [5.74, 6) is 0.387. The van der Waals surface area contributed by atoms with Gasteiger partial charge in [0.1, 0.15) is 11.6 Å². The Labute approximate surface area is 194 Å². The summed E-state index contributed by atoms with van der Waals surface area (Å²) in [5, 5.41) is 3.17. The maximum absolute atomic E-state index is 13.9. The molecule has 0 radical (unpaired) electrons. The topological polar surface area (TPSA) is 47.6 Å². The van der Waals surface area contributed by atoms with Gasteiger partial charge in [0, 0.05) is 25.3 Å². The smallest absolute Gasteiger partial charge is 0.226 e. The molecule has 3 aromatic rings. The molecule has 1 fully saturated rings. The second kappa shape index (κ2) is 10.6. The number of hydrogen-bond donors (Lipinski definition) is 1. The van der Waals surface area contributed by atoms with Crippen LogP contribution in [0.5, 0.6) is 5.75 Å². The van der Waals surface area contributed by atoms with Crippen molar-refractivity contribution < 1.29 is 18.7 Å². The number of amides is 1. The van der Waals surface area contributed by atoms with Crippen LogP contribution in [0.25, 0.3) is 11.1 Å². The third kappa shape index (κ3) is 5.60. The highest BCUT2D eigenvalue weighted by Gasteiger charge is 2.40. The Morgan fingerprint density at radius 1 is 1.00 bits per heavy atom. The minimum absolute atomic E-state index is 0.0791. The number of hydrogen-bond acceptors (Lipinski definition) is 3. The second-order valence-electron chi connectivity index (χ2n) is 8.61. The lowest BCUT2D eigenvalue weighted by atomic mass is 9.74. The van der Waals surface area contributed by atoms with Gasteiger partial charge in [0.25, 0.3) is 0 Å². The molecule has 0 spiro atoms. The second-order valence-corrected chi connectivity index (χ2v) is 8.61. The van der Waals surface area contributed by atoms with Crippen molar-refractivity contribution in [2.24, 2.45) is 5.41 Å². The van der Waals surface area contributed by atoms with Crippen LogP contribution >= 0.6 is 0 Å². The average Bonchev–Trinajstić information content (AvgIpc) is 2.85. The Morgan fingerprint density at radius 3 is 2.52 bits per heavy atom. The normalized spacial score (nSPS) is 15.1. The summed E-state index contributed by atoms with van der Waals surface area (Å²) in [6.45, 7) is 1.75. The lowest BCUT2D eigenvalue weighted by Gasteiger charge is -2.36. The molecule has 33 heavy (non-hydrogen) atoms. The van der Waals surface area contributed by atoms with Crippen LogP contribution in [0.2, 0.25) is 0 Å². The highest BCUT2D eigenvalue weighted by molar-refractivity contribution is 5.83. The Balaban J connectivity index is 1.52. The van der Waals surface area contributed by atoms with Gasteiger partial charge < -0.3 is 14.8 Å². The zero-order valence-electron chi connectivity index (χ0n) is 19.0. The molecule has 4 rings (SSSR count). The van der Waals surface area contributed by atoms with E-state index in [1.54, 1.807) is 13.2 Å². The van der Waals surface area contributed by atoms with Crippen LogP contribution in [-0.2, 0) is 22.4 Å². The molecule has 1 aliphatic heterocycles. The molecule has 0 atom stereocenters. The lowest BCUT2D eigenvalue weighted by molar-refractivity contribution is -0.136. The van der Waals surface area contributed by atoms with Crippen molar-refractivity contribution in [3.8, 4) is 16.9 Å². The monoisotopic (exact) mass is 447 g/mol. The molecule has 0 aromatic heterocycles. The number of benzene rings is 3. The first-order valence-corrected chi connectivity index (χ1v) is 11.4. The fourth-order valence-electron chi connectivity index (χ4n) is 4.54. The predicted octanol–water partition coefficient (Wildman–Crippen LogP) is 5.20. The van der Waals surface area contributed by atoms with Crippen molar-refractivity contribution in [2.45, 2.75) is 25.7 Å². The van der Waals surface area contributed by atoms with Crippen molar-refractivity contribution in [3.05, 3.63) is 89.7 Å². The summed E-state index contributed by atoms with van der Waals surface area (Å²) in [7, 11) is 1.58. The molecule has 1 N–H and O–H groups in total. The maximum atomic E-state index is 13.9. The first kappa shape index (κ1) is 23.0. The van der Waals surface area contributed by atoms with Crippen LogP contribution in [0.15, 0.2) is 72.8 Å². The molecule has 0 bridgehead atoms. The summed E-state index contributed by atoms with van der Waals surface area (Å²) in [5.41, 5.74) is 3.30. The van der Waals surface area contributed by atoms with Gasteiger partial charge in [-0.1, -0.05) is 54.6 Å². The van der Waals surface area contributed by atoms with Gasteiger partial charge in [-0.2, -0.15) is 0 Å². The molecule has 0 saturated carbocycles. The van der Waals surface area contributed by atoms with E-state index in [0.717, 1.165) is 17.5 Å². The van der Waals surface area contributed by atoms with Gasteiger partial charge >= 0.3 is 0 Å². The number of carbonyl (C=O) groups excluding carboxylic acids is 1. The number of halogens is 1. The SMILES string of the molecule is COc1ccc(F)cc1-c1cccc(CC2(C(=O)NCCc3ccccc3)CCOCC2)c1. The Kier molecular flexibility index (Phi) is 7.40. The largest absolute Gasteiger partial charge is 0.496 e. The van der Waals surface area contributed by atoms with Crippen molar-refractivity contribution in [3.63, 3.8) is 0 Å². The molecule has 1 aliphatic rings. The van der Waals surface area contributed by atoms with E-state index in [1.807, 2.05) is 42.5 Å². The first-order chi connectivity index (χ1) is 16.1. The van der Waals surface area contributed by atoms with Crippen LogP contribution in [-0.4, -0.2) is 32.8 Å². The van der Waals surface area contributed by atoms with Crippen LogP contribution in [0.1, 0.15) is 24.0 Å². The van der Waals surface area contributed by atoms with Gasteiger partial charge in [-0.05, 0) is 60.6 Å². The average molecular weight is 448 g/mol. The van der Waals surface area contributed by atoms with E-state index < -0.39 is 5.41 Å². The highest BCUT2D eigenvalue weighted by atomic mass is 19.1. The van der Waals surface area contributed by atoms with Crippen LogP contribution < -0.4 is 10.1 Å². The van der Waals surface area contributed by atoms with Gasteiger partial charge in [-0.3, -0.25) is 4.79 Å². The van der Waals surface area contributed by atoms with Crippen LogP contribution in [0.4, 0.5) is 4.39 Å². The summed E-state index contributed by atoms with van der Waals surface area (Å²) in [4.78, 5) is 13.4. The Morgan fingerprint density at radius 2 is 1.76 bits per heavy atom. The molecule has 3 aromatic carbocycles. The van der Waals surface area contributed by atoms with E-state index >= 15 is 0 Å². The number of carbonyl (C=O) groups is 1. The molecule has 1 amide bonds. The molecular formula is C28H30FNO3. The number of ether oxygens (including phenoxy) is 2. The van der Waals surface area contributed by atoms with Gasteiger partial charge in [0.15, 0.2) is 0 Å². The standard InChI is InChI=1S/C28H30FNO3/c1-32-26-11-10-24(29)19-25(26)23-9-5-8-22(18-23)20-28(13-16-33-17-14-28)27(31)30-15-12-21-6-3-2-4-7-21/h2-11,18-19H,12-17,20H2,1H3,(H,30,31). The number of nitrogens with one attached hydrogen (secondary N) is 1. The maximum Gasteiger partial charge on any atom is 0.226 e. The number of rotatable bonds is 8. The van der Waals surface area contributed by atoms with E-state index in [9.17, 15) is 9.18 Å². The Hall–Kier alpha value is -3.18. The first-order valence-electron chi connectivity index (χ1n) is 11.4. The van der Waals surface area contributed by atoms with E-state index in [0.29, 0.717) is 50.3 Å². The van der Waals surface area contributed by atoms with E-state index in [-0.39, 0.29) is 11.7 Å². The molecule has 172 valence electrons. The van der Waals surface area contributed by atoms with Crippen molar-refractivity contribution >= 4 is 5.91 Å². The van der Waals surface area contributed by atoms with Crippen molar-refractivity contribution in [2.75, 3.05) is 26.9 Å². The molecule has 0 unspecified atom stereocenters. The summed E-state index contributed by atoms with van der Waals surface area (Å²) >= 11 is 0. The minimum atomic E-state index is -0.514. The van der Waals surface area contributed by atoms with Crippen molar-refractivity contribution in [1.29, 1.82) is 0 Å². The molecule has 0 aliphatic carbocycles. The third-order valence-corrected chi connectivity index (χ3v) is 6.42. The molecule has 4 nitrogen and oxygen atoms in total. The summed E-state index contributed by atoms with van der Waals surface area (Å²) < 4.78 is 24.9. The highest BCUT2D eigenvalue weighted by Crippen LogP contribution is 2.37. The summed E-state index contributed by atoms with van der Waals surface area (Å²) in [6, 6.07) is 22.6. The van der Waals surface area contributed by atoms with E-state index in [1.165, 1.54) is 17.7 Å². The minimum Gasteiger partial charge on any atom is -0.496 e. The predicted molar refractivity (Wildman–Crippen MR) is 128 cm³/mol. The molecule has 1 heterocycles. The van der Waals surface area contributed by atoms with E-state index in [4.69, 9.17) is 9.47 Å². The van der Waals surface area contributed by atoms with Gasteiger partial charge in [0.2, 0.25) is 5.91 Å². The fraction of sp³-hybridized carbons (Fsp3) is 0.321. The van der Waals surface area contributed by atoms with Gasteiger partial charge in [0.05, 0.1) is 12.5 Å². The van der Waals surface area contributed by atoms with Crippen molar-refractivity contribution in [1.82, 2.24) is 5.32 Å². The number of methoxy groups -OCH3 is 1. The van der Waals surface area contributed by atoms with Gasteiger partial charge in [-0.15, -0.1) is 0 Å². The summed E-state index contributed by atoms with van der Waals surface area (Å²) in [6.07, 6.45) is 2.77. The zero-order valence-corrected chi connectivity index (χ0v) is 19.0. The Bertz CT molecular complexity index is 1080. The lowest BCUT2D eigenvalue weighted by Crippen LogP contribution is -2.46. The molecular weight excluding hydrogens is 417 g/mol. The van der Waals surface area contributed by atoms with Crippen LogP contribution in [0, 0.1) is 11.2 Å². The molecule has 1 saturated heterocycles. The quantitative estimate of drug-likeness (QED) is 0.516.